The second kappa shape index (κ2) is 9.02. The Kier molecular flexibility index (Phi) is 6.16. The molecule has 0 unspecified atom stereocenters. The summed E-state index contributed by atoms with van der Waals surface area (Å²) in [6.07, 6.45) is 1.51. The van der Waals surface area contributed by atoms with Crippen LogP contribution in [0.1, 0.15) is 12.5 Å². The average Bonchev–Trinajstić information content (AvgIpc) is 3.22. The first-order chi connectivity index (χ1) is 15.4. The molecule has 0 aliphatic carbocycles. The monoisotopic (exact) mass is 471 g/mol. The second-order valence-electron chi connectivity index (χ2n) is 7.09. The van der Waals surface area contributed by atoms with Crippen molar-refractivity contribution in [3.63, 3.8) is 0 Å². The molecule has 2 aromatic carbocycles. The number of halogens is 2. The van der Waals surface area contributed by atoms with E-state index in [1.165, 1.54) is 10.9 Å². The summed E-state index contributed by atoms with van der Waals surface area (Å²) in [4.78, 5) is 43.5. The Labute approximate surface area is 192 Å². The van der Waals surface area contributed by atoms with E-state index in [2.05, 4.69) is 10.3 Å². The largest absolute Gasteiger partial charge is 0.333 e. The minimum Gasteiger partial charge on any atom is -0.325 e. The fraction of sp³-hybridized carbons (Fsp3) is 0.182. The summed E-state index contributed by atoms with van der Waals surface area (Å²) in [6, 6.07) is 14.1. The van der Waals surface area contributed by atoms with Gasteiger partial charge in [0, 0.05) is 6.54 Å². The molecule has 0 atom stereocenters. The third-order valence-electron chi connectivity index (χ3n) is 5.04. The van der Waals surface area contributed by atoms with Gasteiger partial charge >= 0.3 is 5.69 Å². The van der Waals surface area contributed by atoms with Crippen molar-refractivity contribution in [3.8, 4) is 0 Å². The van der Waals surface area contributed by atoms with Gasteiger partial charge in [-0.15, -0.1) is 0 Å². The lowest BCUT2D eigenvalue weighted by Gasteiger charge is -2.13. The van der Waals surface area contributed by atoms with Gasteiger partial charge in [-0.3, -0.25) is 14.2 Å². The van der Waals surface area contributed by atoms with Crippen molar-refractivity contribution in [2.24, 2.45) is 0 Å². The molecule has 32 heavy (non-hydrogen) atoms. The number of rotatable bonds is 6. The van der Waals surface area contributed by atoms with E-state index >= 15 is 0 Å². The summed E-state index contributed by atoms with van der Waals surface area (Å²) in [5.41, 5.74) is 0.392. The fourth-order valence-corrected chi connectivity index (χ4v) is 3.96. The molecule has 0 saturated carbocycles. The summed E-state index contributed by atoms with van der Waals surface area (Å²) in [6.45, 7) is 2.05. The number of anilines is 1. The van der Waals surface area contributed by atoms with Crippen molar-refractivity contribution >= 4 is 46.0 Å². The SMILES string of the molecule is CCn1cnc2c1c(=O)n(CC(=O)Nc1c(Cl)cccc1Cl)c(=O)n2Cc1ccccc1. The van der Waals surface area contributed by atoms with Crippen molar-refractivity contribution in [3.05, 3.63) is 91.3 Å². The van der Waals surface area contributed by atoms with E-state index in [9.17, 15) is 14.4 Å². The molecule has 10 heteroatoms. The predicted molar refractivity (Wildman–Crippen MR) is 125 cm³/mol. The normalized spacial score (nSPS) is 11.1. The lowest BCUT2D eigenvalue weighted by atomic mass is 10.2. The molecule has 0 aliphatic heterocycles. The Balaban J connectivity index is 1.79. The molecule has 8 nitrogen and oxygen atoms in total. The van der Waals surface area contributed by atoms with Crippen LogP contribution in [0.3, 0.4) is 0 Å². The number of aromatic nitrogens is 4. The number of fused-ring (bicyclic) bond motifs is 1. The van der Waals surface area contributed by atoms with E-state index in [-0.39, 0.29) is 33.4 Å². The molecular formula is C22H19Cl2N5O3. The zero-order valence-electron chi connectivity index (χ0n) is 17.1. The highest BCUT2D eigenvalue weighted by Gasteiger charge is 2.20. The maximum Gasteiger partial charge on any atom is 0.333 e. The van der Waals surface area contributed by atoms with Crippen LogP contribution >= 0.6 is 23.2 Å². The smallest absolute Gasteiger partial charge is 0.325 e. The molecule has 0 bridgehead atoms. The van der Waals surface area contributed by atoms with Crippen LogP contribution in [0.15, 0.2) is 64.4 Å². The van der Waals surface area contributed by atoms with Crippen molar-refractivity contribution in [2.75, 3.05) is 5.32 Å². The van der Waals surface area contributed by atoms with Gasteiger partial charge in [-0.2, -0.15) is 0 Å². The molecule has 4 aromatic rings. The third kappa shape index (κ3) is 4.06. The number of amides is 1. The second-order valence-corrected chi connectivity index (χ2v) is 7.91. The number of hydrogen-bond acceptors (Lipinski definition) is 4. The summed E-state index contributed by atoms with van der Waals surface area (Å²) >= 11 is 12.2. The molecule has 0 fully saturated rings. The van der Waals surface area contributed by atoms with Crippen LogP contribution in [-0.4, -0.2) is 24.6 Å². The third-order valence-corrected chi connectivity index (χ3v) is 5.67. The molecule has 2 aromatic heterocycles. The number of carbonyl (C=O) groups is 1. The van der Waals surface area contributed by atoms with E-state index in [4.69, 9.17) is 23.2 Å². The highest BCUT2D eigenvalue weighted by Crippen LogP contribution is 2.29. The first kappa shape index (κ1) is 21.9. The summed E-state index contributed by atoms with van der Waals surface area (Å²) in [7, 11) is 0. The standard InChI is InChI=1S/C22H19Cl2N5O3/c1-2-27-13-25-20-19(27)21(31)29(22(32)28(20)11-14-7-4-3-5-8-14)12-17(30)26-18-15(23)9-6-10-16(18)24/h3-10,13H,2,11-12H2,1H3,(H,26,30). The Bertz CT molecular complexity index is 1400. The van der Waals surface area contributed by atoms with Crippen molar-refractivity contribution < 1.29 is 4.79 Å². The van der Waals surface area contributed by atoms with Crippen molar-refractivity contribution in [1.29, 1.82) is 0 Å². The summed E-state index contributed by atoms with van der Waals surface area (Å²) in [5.74, 6) is -0.604. The number of nitrogens with one attached hydrogen (secondary N) is 1. The van der Waals surface area contributed by atoms with E-state index in [0.29, 0.717) is 6.54 Å². The van der Waals surface area contributed by atoms with Gasteiger partial charge in [-0.25, -0.2) is 14.3 Å². The number of para-hydroxylation sites is 1. The summed E-state index contributed by atoms with van der Waals surface area (Å²) < 4.78 is 3.95. The first-order valence-corrected chi connectivity index (χ1v) is 10.6. The number of nitrogens with zero attached hydrogens (tertiary/aromatic N) is 4. The van der Waals surface area contributed by atoms with Gasteiger partial charge in [0.15, 0.2) is 11.2 Å². The Hall–Kier alpha value is -3.36. The van der Waals surface area contributed by atoms with Crippen LogP contribution in [0, 0.1) is 0 Å². The van der Waals surface area contributed by atoms with Crippen LogP contribution in [0.25, 0.3) is 11.2 Å². The van der Waals surface area contributed by atoms with Gasteiger partial charge < -0.3 is 9.88 Å². The molecule has 1 N–H and O–H groups in total. The maximum atomic E-state index is 13.3. The number of carbonyl (C=O) groups excluding carboxylic acids is 1. The molecule has 4 rings (SSSR count). The Morgan fingerprint density at radius 1 is 1.00 bits per heavy atom. The van der Waals surface area contributed by atoms with E-state index in [1.54, 1.807) is 22.8 Å². The van der Waals surface area contributed by atoms with E-state index in [0.717, 1.165) is 10.1 Å². The molecule has 0 radical (unpaired) electrons. The molecule has 164 valence electrons. The van der Waals surface area contributed by atoms with E-state index in [1.807, 2.05) is 37.3 Å². The molecule has 1 amide bonds. The molecule has 2 heterocycles. The lowest BCUT2D eigenvalue weighted by molar-refractivity contribution is -0.116. The van der Waals surface area contributed by atoms with Crippen LogP contribution in [0.5, 0.6) is 0 Å². The van der Waals surface area contributed by atoms with Gasteiger partial charge in [-0.1, -0.05) is 59.6 Å². The van der Waals surface area contributed by atoms with Crippen molar-refractivity contribution in [2.45, 2.75) is 26.6 Å². The number of benzene rings is 2. The zero-order valence-corrected chi connectivity index (χ0v) is 18.6. The quantitative estimate of drug-likeness (QED) is 0.466. The fourth-order valence-electron chi connectivity index (χ4n) is 3.47. The van der Waals surface area contributed by atoms with Crippen molar-refractivity contribution in [1.82, 2.24) is 18.7 Å². The number of hydrogen-bond donors (Lipinski definition) is 1. The Morgan fingerprint density at radius 2 is 1.69 bits per heavy atom. The average molecular weight is 472 g/mol. The molecule has 0 spiro atoms. The van der Waals surface area contributed by atoms with Crippen LogP contribution in [-0.2, 0) is 24.4 Å². The highest BCUT2D eigenvalue weighted by atomic mass is 35.5. The molecular weight excluding hydrogens is 453 g/mol. The van der Waals surface area contributed by atoms with Crippen LogP contribution in [0.4, 0.5) is 5.69 Å². The number of aryl methyl sites for hydroxylation is 1. The van der Waals surface area contributed by atoms with Gasteiger partial charge in [0.05, 0.1) is 28.6 Å². The zero-order chi connectivity index (χ0) is 22.8. The maximum absolute atomic E-state index is 13.3. The number of imidazole rings is 1. The minimum absolute atomic E-state index is 0.204. The van der Waals surface area contributed by atoms with E-state index < -0.39 is 23.7 Å². The topological polar surface area (TPSA) is 90.9 Å². The van der Waals surface area contributed by atoms with Crippen LogP contribution in [0.2, 0.25) is 10.0 Å². The Morgan fingerprint density at radius 3 is 2.34 bits per heavy atom. The molecule has 0 saturated heterocycles. The van der Waals surface area contributed by atoms with Gasteiger partial charge in [0.1, 0.15) is 6.54 Å². The minimum atomic E-state index is -0.631. The van der Waals surface area contributed by atoms with Gasteiger partial charge in [-0.05, 0) is 24.6 Å². The molecule has 0 aliphatic rings. The highest BCUT2D eigenvalue weighted by molar-refractivity contribution is 6.39. The van der Waals surface area contributed by atoms with Crippen LogP contribution < -0.4 is 16.6 Å². The lowest BCUT2D eigenvalue weighted by Crippen LogP contribution is -2.43. The predicted octanol–water partition coefficient (Wildman–Crippen LogP) is 3.37. The first-order valence-electron chi connectivity index (χ1n) is 9.87. The summed E-state index contributed by atoms with van der Waals surface area (Å²) in [5, 5.41) is 3.09. The van der Waals surface area contributed by atoms with Gasteiger partial charge in [0.2, 0.25) is 5.91 Å². The van der Waals surface area contributed by atoms with Gasteiger partial charge in [0.25, 0.3) is 5.56 Å².